The van der Waals surface area contributed by atoms with Crippen LogP contribution in [0.4, 0.5) is 0 Å². The normalized spacial score (nSPS) is 10.9. The Morgan fingerprint density at radius 1 is 1.22 bits per heavy atom. The molecule has 9 nitrogen and oxygen atoms in total. The van der Waals surface area contributed by atoms with Crippen molar-refractivity contribution < 1.29 is 19.4 Å². The molecule has 0 atom stereocenters. The minimum absolute atomic E-state index is 0.0905. The highest BCUT2D eigenvalue weighted by atomic mass is 35.5. The Hall–Kier alpha value is -3.37. The molecule has 0 aliphatic carbocycles. The zero-order valence-electron chi connectivity index (χ0n) is 17.1. The average molecular weight is 474 g/mol. The van der Waals surface area contributed by atoms with Gasteiger partial charge in [-0.15, -0.1) is 10.2 Å². The highest BCUT2D eigenvalue weighted by Crippen LogP contribution is 2.25. The predicted octanol–water partition coefficient (Wildman–Crippen LogP) is 3.32. The molecule has 0 aliphatic heterocycles. The number of carbonyl (C=O) groups is 2. The molecule has 2 N–H and O–H groups in total. The van der Waals surface area contributed by atoms with Crippen LogP contribution in [-0.2, 0) is 16.1 Å². The molecule has 166 valence electrons. The number of hydrogen-bond donors (Lipinski definition) is 2. The lowest BCUT2D eigenvalue weighted by molar-refractivity contribution is -0.139. The summed E-state index contributed by atoms with van der Waals surface area (Å²) in [5.74, 6) is -0.265. The maximum absolute atomic E-state index is 12.2. The highest BCUT2D eigenvalue weighted by Gasteiger charge is 2.14. The fraction of sp³-hybridized carbons (Fsp3) is 0.190. The van der Waals surface area contributed by atoms with Crippen LogP contribution in [0.3, 0.4) is 0 Å². The van der Waals surface area contributed by atoms with Gasteiger partial charge in [0.05, 0.1) is 12.0 Å². The fourth-order valence-corrected chi connectivity index (χ4v) is 3.61. The van der Waals surface area contributed by atoms with Gasteiger partial charge in [-0.3, -0.25) is 4.79 Å². The smallest absolute Gasteiger partial charge is 0.341 e. The second kappa shape index (κ2) is 11.3. The molecule has 0 radical (unpaired) electrons. The molecule has 32 heavy (non-hydrogen) atoms. The van der Waals surface area contributed by atoms with E-state index in [-0.39, 0.29) is 11.7 Å². The van der Waals surface area contributed by atoms with E-state index in [0.29, 0.717) is 33.9 Å². The van der Waals surface area contributed by atoms with Gasteiger partial charge >= 0.3 is 5.97 Å². The van der Waals surface area contributed by atoms with Crippen LogP contribution in [0.2, 0.25) is 5.02 Å². The van der Waals surface area contributed by atoms with Crippen molar-refractivity contribution in [3.05, 3.63) is 59.1 Å². The summed E-state index contributed by atoms with van der Waals surface area (Å²) in [6.45, 7) is 2.14. The van der Waals surface area contributed by atoms with E-state index in [1.165, 1.54) is 18.0 Å². The lowest BCUT2D eigenvalue weighted by Crippen LogP contribution is -2.20. The van der Waals surface area contributed by atoms with Crippen molar-refractivity contribution in [1.82, 2.24) is 20.2 Å². The van der Waals surface area contributed by atoms with Crippen LogP contribution in [0.25, 0.3) is 11.4 Å². The Kier molecular flexibility index (Phi) is 8.23. The third kappa shape index (κ3) is 6.32. The Balaban J connectivity index is 1.58. The standard InChI is InChI=1S/C21H20ClN5O4S/c1-2-27-20(14-7-9-16(22)10-8-14)25-26-21(27)32-13-18(28)24-23-11-15-5-3-4-6-17(15)31-12-19(29)30/h3-11H,2,12-13H2,1H3,(H,24,28)(H,29,30)/b23-11-. The second-order valence-electron chi connectivity index (χ2n) is 6.36. The monoisotopic (exact) mass is 473 g/mol. The van der Waals surface area contributed by atoms with E-state index in [1.54, 1.807) is 36.4 Å². The first kappa shape index (κ1) is 23.3. The van der Waals surface area contributed by atoms with E-state index in [1.807, 2.05) is 23.6 Å². The zero-order chi connectivity index (χ0) is 22.9. The van der Waals surface area contributed by atoms with Gasteiger partial charge in [0.2, 0.25) is 0 Å². The van der Waals surface area contributed by atoms with Crippen LogP contribution in [0.5, 0.6) is 5.75 Å². The molecule has 2 aromatic carbocycles. The van der Waals surface area contributed by atoms with Gasteiger partial charge in [-0.1, -0.05) is 35.5 Å². The largest absolute Gasteiger partial charge is 0.481 e. The summed E-state index contributed by atoms with van der Waals surface area (Å²) in [6.07, 6.45) is 1.40. The molecular formula is C21H20ClN5O4S. The van der Waals surface area contributed by atoms with E-state index in [9.17, 15) is 9.59 Å². The molecular weight excluding hydrogens is 454 g/mol. The van der Waals surface area contributed by atoms with Crippen molar-refractivity contribution in [3.63, 3.8) is 0 Å². The minimum Gasteiger partial charge on any atom is -0.481 e. The van der Waals surface area contributed by atoms with Crippen molar-refractivity contribution in [2.75, 3.05) is 12.4 Å². The summed E-state index contributed by atoms with van der Waals surface area (Å²) in [5.41, 5.74) is 3.87. The number of ether oxygens (including phenoxy) is 1. The Morgan fingerprint density at radius 2 is 1.97 bits per heavy atom. The molecule has 1 heterocycles. The van der Waals surface area contributed by atoms with Crippen LogP contribution in [0.1, 0.15) is 12.5 Å². The molecule has 0 bridgehead atoms. The van der Waals surface area contributed by atoms with Gasteiger partial charge in [0.25, 0.3) is 5.91 Å². The van der Waals surface area contributed by atoms with Crippen molar-refractivity contribution in [1.29, 1.82) is 0 Å². The predicted molar refractivity (Wildman–Crippen MR) is 122 cm³/mol. The van der Waals surface area contributed by atoms with Gasteiger partial charge in [0.1, 0.15) is 5.75 Å². The first-order valence-electron chi connectivity index (χ1n) is 9.55. The number of carboxylic acid groups (broad SMARTS) is 1. The number of amides is 1. The lowest BCUT2D eigenvalue weighted by atomic mass is 10.2. The third-order valence-corrected chi connectivity index (χ3v) is 5.35. The molecule has 0 unspecified atom stereocenters. The molecule has 3 rings (SSSR count). The summed E-state index contributed by atoms with van der Waals surface area (Å²) in [7, 11) is 0. The molecule has 0 fully saturated rings. The SMILES string of the molecule is CCn1c(SCC(=O)N/N=C\c2ccccc2OCC(=O)O)nnc1-c1ccc(Cl)cc1. The van der Waals surface area contributed by atoms with Crippen LogP contribution in [0, 0.1) is 0 Å². The third-order valence-electron chi connectivity index (χ3n) is 4.13. The maximum Gasteiger partial charge on any atom is 0.341 e. The van der Waals surface area contributed by atoms with Gasteiger partial charge in [-0.05, 0) is 43.3 Å². The van der Waals surface area contributed by atoms with Gasteiger partial charge < -0.3 is 14.4 Å². The number of para-hydroxylation sites is 1. The Bertz CT molecular complexity index is 1120. The number of nitrogens with one attached hydrogen (secondary N) is 1. The first-order valence-corrected chi connectivity index (χ1v) is 10.9. The fourth-order valence-electron chi connectivity index (χ4n) is 2.69. The Labute approximate surface area is 193 Å². The lowest BCUT2D eigenvalue weighted by Gasteiger charge is -2.07. The van der Waals surface area contributed by atoms with E-state index < -0.39 is 12.6 Å². The molecule has 1 amide bonds. The van der Waals surface area contributed by atoms with Crippen molar-refractivity contribution in [3.8, 4) is 17.1 Å². The number of thioether (sulfide) groups is 1. The highest BCUT2D eigenvalue weighted by molar-refractivity contribution is 7.99. The number of rotatable bonds is 10. The summed E-state index contributed by atoms with van der Waals surface area (Å²) >= 11 is 7.19. The number of benzene rings is 2. The molecule has 0 saturated heterocycles. The Morgan fingerprint density at radius 3 is 2.69 bits per heavy atom. The summed E-state index contributed by atoms with van der Waals surface area (Å²) < 4.78 is 7.12. The maximum atomic E-state index is 12.2. The number of aromatic nitrogens is 3. The van der Waals surface area contributed by atoms with Gasteiger partial charge in [0, 0.05) is 22.7 Å². The number of aliphatic carboxylic acids is 1. The van der Waals surface area contributed by atoms with Crippen molar-refractivity contribution in [2.24, 2.45) is 5.10 Å². The van der Waals surface area contributed by atoms with Gasteiger partial charge in [0.15, 0.2) is 17.6 Å². The second-order valence-corrected chi connectivity index (χ2v) is 7.74. The number of carboxylic acids is 1. The quantitative estimate of drug-likeness (QED) is 0.263. The number of nitrogens with zero attached hydrogens (tertiary/aromatic N) is 4. The van der Waals surface area contributed by atoms with E-state index in [4.69, 9.17) is 21.4 Å². The van der Waals surface area contributed by atoms with Gasteiger partial charge in [-0.25, -0.2) is 10.2 Å². The first-order chi connectivity index (χ1) is 15.5. The molecule has 0 aliphatic rings. The minimum atomic E-state index is -1.08. The van der Waals surface area contributed by atoms with Crippen LogP contribution < -0.4 is 10.2 Å². The van der Waals surface area contributed by atoms with Crippen LogP contribution in [0.15, 0.2) is 58.8 Å². The molecule has 11 heteroatoms. The number of carbonyl (C=O) groups excluding carboxylic acids is 1. The van der Waals surface area contributed by atoms with Gasteiger partial charge in [-0.2, -0.15) is 5.10 Å². The van der Waals surface area contributed by atoms with Crippen molar-refractivity contribution >= 4 is 41.5 Å². The molecule has 1 aromatic heterocycles. The molecule has 3 aromatic rings. The van der Waals surface area contributed by atoms with Crippen molar-refractivity contribution in [2.45, 2.75) is 18.6 Å². The summed E-state index contributed by atoms with van der Waals surface area (Å²) in [6, 6.07) is 14.1. The topological polar surface area (TPSA) is 119 Å². The number of hydrazone groups is 1. The van der Waals surface area contributed by atoms with Crippen LogP contribution >= 0.6 is 23.4 Å². The number of hydrogen-bond acceptors (Lipinski definition) is 7. The van der Waals surface area contributed by atoms with E-state index in [0.717, 1.165) is 5.56 Å². The van der Waals surface area contributed by atoms with E-state index >= 15 is 0 Å². The molecule has 0 spiro atoms. The summed E-state index contributed by atoms with van der Waals surface area (Å²) in [5, 5.41) is 22.4. The van der Waals surface area contributed by atoms with E-state index in [2.05, 4.69) is 20.7 Å². The van der Waals surface area contributed by atoms with Crippen LogP contribution in [-0.4, -0.2) is 50.3 Å². The molecule has 0 saturated carbocycles. The zero-order valence-corrected chi connectivity index (χ0v) is 18.6. The average Bonchev–Trinajstić information content (AvgIpc) is 3.20. The number of halogens is 1. The summed E-state index contributed by atoms with van der Waals surface area (Å²) in [4.78, 5) is 22.9.